The van der Waals surface area contributed by atoms with Gasteiger partial charge in [0, 0.05) is 19.6 Å². The highest BCUT2D eigenvalue weighted by molar-refractivity contribution is 5.29. The molecule has 6 nitrogen and oxygen atoms in total. The van der Waals surface area contributed by atoms with E-state index in [1.807, 2.05) is 24.3 Å². The number of aromatic nitrogens is 2. The molecule has 1 aliphatic rings. The van der Waals surface area contributed by atoms with Crippen LogP contribution in [0.25, 0.3) is 0 Å². The summed E-state index contributed by atoms with van der Waals surface area (Å²) < 4.78 is 11.1. The molecule has 0 radical (unpaired) electrons. The van der Waals surface area contributed by atoms with E-state index >= 15 is 0 Å². The van der Waals surface area contributed by atoms with Gasteiger partial charge in [0.05, 0.1) is 13.0 Å². The summed E-state index contributed by atoms with van der Waals surface area (Å²) in [4.78, 5) is 6.67. The maximum Gasteiger partial charge on any atom is 0.231 e. The zero-order valence-electron chi connectivity index (χ0n) is 12.2. The van der Waals surface area contributed by atoms with Gasteiger partial charge in [0.25, 0.3) is 0 Å². The molecule has 3 rings (SSSR count). The van der Waals surface area contributed by atoms with E-state index in [4.69, 9.17) is 15.0 Å². The normalized spacial score (nSPS) is 19.8. The third-order valence-electron chi connectivity index (χ3n) is 3.72. The Kier molecular flexibility index (Phi) is 4.28. The van der Waals surface area contributed by atoms with Crippen LogP contribution in [0, 0.1) is 0 Å². The van der Waals surface area contributed by atoms with Crippen molar-refractivity contribution in [3.8, 4) is 0 Å². The average molecular weight is 288 g/mol. The van der Waals surface area contributed by atoms with E-state index in [1.54, 1.807) is 0 Å². The van der Waals surface area contributed by atoms with E-state index in [9.17, 15) is 0 Å². The van der Waals surface area contributed by atoms with Crippen LogP contribution in [-0.4, -0.2) is 41.8 Å². The number of likely N-dealkylation sites (N-methyl/N-ethyl adjacent to an activating group) is 1. The van der Waals surface area contributed by atoms with Gasteiger partial charge in [-0.3, -0.25) is 0 Å². The van der Waals surface area contributed by atoms with Gasteiger partial charge in [-0.1, -0.05) is 29.4 Å². The van der Waals surface area contributed by atoms with E-state index in [0.717, 1.165) is 24.2 Å². The van der Waals surface area contributed by atoms with Crippen LogP contribution in [0.5, 0.6) is 0 Å². The first-order chi connectivity index (χ1) is 10.3. The smallest absolute Gasteiger partial charge is 0.231 e. The monoisotopic (exact) mass is 288 g/mol. The van der Waals surface area contributed by atoms with Crippen molar-refractivity contribution >= 4 is 0 Å². The van der Waals surface area contributed by atoms with Crippen LogP contribution < -0.4 is 5.73 Å². The van der Waals surface area contributed by atoms with E-state index < -0.39 is 0 Å². The van der Waals surface area contributed by atoms with Gasteiger partial charge in [0.15, 0.2) is 0 Å². The Hall–Kier alpha value is -1.76. The van der Waals surface area contributed by atoms with Gasteiger partial charge in [-0.2, -0.15) is 4.98 Å². The van der Waals surface area contributed by atoms with Gasteiger partial charge in [0.2, 0.25) is 11.7 Å². The summed E-state index contributed by atoms with van der Waals surface area (Å²) >= 11 is 0. The Labute approximate surface area is 123 Å². The first-order valence-electron chi connectivity index (χ1n) is 7.15. The van der Waals surface area contributed by atoms with Gasteiger partial charge in [0.1, 0.15) is 6.10 Å². The number of nitrogens with zero attached hydrogens (tertiary/aromatic N) is 3. The first-order valence-corrected chi connectivity index (χ1v) is 7.15. The van der Waals surface area contributed by atoms with Crippen molar-refractivity contribution in [2.75, 3.05) is 26.7 Å². The van der Waals surface area contributed by atoms with E-state index in [1.165, 1.54) is 0 Å². The largest absolute Gasteiger partial charge is 0.367 e. The molecule has 2 N–H and O–H groups in total. The SMILES string of the molecule is CN1CCOC(c2noc(Cc3ccccc3CN)n2)C1. The minimum Gasteiger partial charge on any atom is -0.367 e. The van der Waals surface area contributed by atoms with Crippen LogP contribution in [0.15, 0.2) is 28.8 Å². The number of nitrogens with two attached hydrogens (primary N) is 1. The predicted molar refractivity (Wildman–Crippen MR) is 77.6 cm³/mol. The van der Waals surface area contributed by atoms with Crippen molar-refractivity contribution in [1.29, 1.82) is 0 Å². The molecule has 0 saturated carbocycles. The standard InChI is InChI=1S/C15H20N4O2/c1-19-6-7-20-13(10-19)15-17-14(21-18-15)8-11-4-2-3-5-12(11)9-16/h2-5,13H,6-10,16H2,1H3. The van der Waals surface area contributed by atoms with Crippen molar-refractivity contribution in [3.05, 3.63) is 47.1 Å². The van der Waals surface area contributed by atoms with Crippen LogP contribution in [-0.2, 0) is 17.7 Å². The quantitative estimate of drug-likeness (QED) is 0.908. The molecule has 2 aromatic rings. The second-order valence-corrected chi connectivity index (χ2v) is 5.32. The fourth-order valence-electron chi connectivity index (χ4n) is 2.50. The maximum atomic E-state index is 5.75. The second kappa shape index (κ2) is 6.34. The summed E-state index contributed by atoms with van der Waals surface area (Å²) in [7, 11) is 2.06. The molecule has 1 aliphatic heterocycles. The summed E-state index contributed by atoms with van der Waals surface area (Å²) in [5, 5.41) is 4.06. The minimum atomic E-state index is -0.106. The molecule has 1 aromatic carbocycles. The first kappa shape index (κ1) is 14.2. The van der Waals surface area contributed by atoms with Gasteiger partial charge >= 0.3 is 0 Å². The topological polar surface area (TPSA) is 77.4 Å². The highest BCUT2D eigenvalue weighted by Gasteiger charge is 2.24. The van der Waals surface area contributed by atoms with Gasteiger partial charge in [-0.05, 0) is 18.2 Å². The predicted octanol–water partition coefficient (Wildman–Crippen LogP) is 1.12. The number of hydrogen-bond donors (Lipinski definition) is 1. The molecule has 0 aliphatic carbocycles. The Balaban J connectivity index is 1.73. The fraction of sp³-hybridized carbons (Fsp3) is 0.467. The van der Waals surface area contributed by atoms with Crippen molar-refractivity contribution in [3.63, 3.8) is 0 Å². The number of rotatable bonds is 4. The lowest BCUT2D eigenvalue weighted by atomic mass is 10.0. The summed E-state index contributed by atoms with van der Waals surface area (Å²) in [5.41, 5.74) is 7.97. The molecular weight excluding hydrogens is 268 g/mol. The van der Waals surface area contributed by atoms with Crippen molar-refractivity contribution in [1.82, 2.24) is 15.0 Å². The van der Waals surface area contributed by atoms with Gasteiger partial charge < -0.3 is 19.9 Å². The van der Waals surface area contributed by atoms with Crippen LogP contribution in [0.1, 0.15) is 28.9 Å². The Bertz CT molecular complexity index is 599. The van der Waals surface area contributed by atoms with Crippen LogP contribution in [0.2, 0.25) is 0 Å². The fourth-order valence-corrected chi connectivity index (χ4v) is 2.50. The molecule has 112 valence electrons. The van der Waals surface area contributed by atoms with Crippen LogP contribution in [0.4, 0.5) is 0 Å². The lowest BCUT2D eigenvalue weighted by Crippen LogP contribution is -2.35. The van der Waals surface area contributed by atoms with Gasteiger partial charge in [-0.25, -0.2) is 0 Å². The van der Waals surface area contributed by atoms with Gasteiger partial charge in [-0.15, -0.1) is 0 Å². The van der Waals surface area contributed by atoms with Crippen molar-refractivity contribution in [2.45, 2.75) is 19.1 Å². The van der Waals surface area contributed by atoms with E-state index in [0.29, 0.717) is 31.3 Å². The number of ether oxygens (including phenoxy) is 1. The molecule has 0 spiro atoms. The molecule has 1 aromatic heterocycles. The summed E-state index contributed by atoms with van der Waals surface area (Å²) in [6.45, 7) is 2.93. The molecule has 21 heavy (non-hydrogen) atoms. The second-order valence-electron chi connectivity index (χ2n) is 5.32. The van der Waals surface area contributed by atoms with Crippen molar-refractivity contribution in [2.24, 2.45) is 5.73 Å². The molecule has 1 fully saturated rings. The minimum absolute atomic E-state index is 0.106. The van der Waals surface area contributed by atoms with E-state index in [-0.39, 0.29) is 6.10 Å². The Morgan fingerprint density at radius 2 is 2.14 bits per heavy atom. The molecule has 1 saturated heterocycles. The third-order valence-corrected chi connectivity index (χ3v) is 3.72. The molecule has 1 unspecified atom stereocenters. The van der Waals surface area contributed by atoms with E-state index in [2.05, 4.69) is 22.1 Å². The highest BCUT2D eigenvalue weighted by atomic mass is 16.5. The Morgan fingerprint density at radius 3 is 2.90 bits per heavy atom. The summed E-state index contributed by atoms with van der Waals surface area (Å²) in [6.07, 6.45) is 0.495. The molecule has 1 atom stereocenters. The molecule has 0 bridgehead atoms. The molecule has 0 amide bonds. The van der Waals surface area contributed by atoms with Crippen molar-refractivity contribution < 1.29 is 9.26 Å². The molecule has 6 heteroatoms. The lowest BCUT2D eigenvalue weighted by molar-refractivity contribution is -0.0264. The average Bonchev–Trinajstić information content (AvgIpc) is 2.96. The summed E-state index contributed by atoms with van der Waals surface area (Å²) in [6, 6.07) is 8.03. The van der Waals surface area contributed by atoms with Crippen LogP contribution >= 0.6 is 0 Å². The molecular formula is C15H20N4O2. The molecule has 2 heterocycles. The third kappa shape index (κ3) is 3.29. The zero-order valence-corrected chi connectivity index (χ0v) is 12.2. The summed E-state index contributed by atoms with van der Waals surface area (Å²) in [5.74, 6) is 1.23. The highest BCUT2D eigenvalue weighted by Crippen LogP contribution is 2.20. The Morgan fingerprint density at radius 1 is 1.33 bits per heavy atom. The maximum absolute atomic E-state index is 5.75. The number of morpholine rings is 1. The van der Waals surface area contributed by atoms with Crippen LogP contribution in [0.3, 0.4) is 0 Å². The lowest BCUT2D eigenvalue weighted by Gasteiger charge is -2.27. The number of benzene rings is 1. The zero-order chi connectivity index (χ0) is 14.7. The number of hydrogen-bond acceptors (Lipinski definition) is 6.